The summed E-state index contributed by atoms with van der Waals surface area (Å²) in [6.07, 6.45) is 4.22. The van der Waals surface area contributed by atoms with E-state index in [1.165, 1.54) is 6.42 Å². The Bertz CT molecular complexity index is 563. The molecule has 3 unspecified atom stereocenters. The average Bonchev–Trinajstić information content (AvgIpc) is 2.48. The molecule has 21 heavy (non-hydrogen) atoms. The highest BCUT2D eigenvalue weighted by Crippen LogP contribution is 2.27. The molecule has 112 valence electrons. The van der Waals surface area contributed by atoms with Gasteiger partial charge in [-0.3, -0.25) is 9.00 Å². The minimum absolute atomic E-state index is 0.0530. The summed E-state index contributed by atoms with van der Waals surface area (Å²) in [4.78, 5) is 11.9. The summed E-state index contributed by atoms with van der Waals surface area (Å²) in [6, 6.07) is 8.69. The molecule has 1 aromatic rings. The predicted octanol–water partition coefficient (Wildman–Crippen LogP) is 2.82. The summed E-state index contributed by atoms with van der Waals surface area (Å²) < 4.78 is 12.3. The minimum Gasteiger partial charge on any atom is -0.325 e. The number of rotatable bonds is 4. The van der Waals surface area contributed by atoms with Crippen LogP contribution < -0.4 is 5.32 Å². The van der Waals surface area contributed by atoms with Gasteiger partial charge in [-0.2, -0.15) is 5.26 Å². The molecule has 1 saturated carbocycles. The first-order chi connectivity index (χ1) is 10.1. The summed E-state index contributed by atoms with van der Waals surface area (Å²) in [7, 11) is -1.10. The van der Waals surface area contributed by atoms with Gasteiger partial charge in [0.2, 0.25) is 5.91 Å². The van der Waals surface area contributed by atoms with E-state index in [-0.39, 0.29) is 16.9 Å². The summed E-state index contributed by atoms with van der Waals surface area (Å²) in [5, 5.41) is 11.6. The zero-order valence-electron chi connectivity index (χ0n) is 12.2. The Balaban J connectivity index is 1.86. The van der Waals surface area contributed by atoms with Crippen LogP contribution in [0, 0.1) is 17.2 Å². The van der Waals surface area contributed by atoms with Crippen molar-refractivity contribution in [2.45, 2.75) is 37.9 Å². The molecule has 0 bridgehead atoms. The Morgan fingerprint density at radius 2 is 2.10 bits per heavy atom. The van der Waals surface area contributed by atoms with Gasteiger partial charge in [0.15, 0.2) is 0 Å². The third-order valence-corrected chi connectivity index (χ3v) is 5.55. The van der Waals surface area contributed by atoms with E-state index in [4.69, 9.17) is 5.26 Å². The fourth-order valence-electron chi connectivity index (χ4n) is 2.69. The molecule has 0 radical (unpaired) electrons. The van der Waals surface area contributed by atoms with Crippen LogP contribution >= 0.6 is 0 Å². The van der Waals surface area contributed by atoms with Crippen LogP contribution in [0.2, 0.25) is 0 Å². The molecule has 4 nitrogen and oxygen atoms in total. The predicted molar refractivity (Wildman–Crippen MR) is 84.2 cm³/mol. The molecule has 0 spiro atoms. The lowest BCUT2D eigenvalue weighted by molar-refractivity contribution is -0.113. The van der Waals surface area contributed by atoms with Crippen LogP contribution in [0.1, 0.15) is 38.2 Å². The van der Waals surface area contributed by atoms with Crippen molar-refractivity contribution >= 4 is 22.4 Å². The number of carbonyl (C=O) groups is 1. The van der Waals surface area contributed by atoms with E-state index in [9.17, 15) is 9.00 Å². The zero-order chi connectivity index (χ0) is 15.2. The first kappa shape index (κ1) is 15.7. The lowest BCUT2D eigenvalue weighted by atomic mass is 9.91. The lowest BCUT2D eigenvalue weighted by Crippen LogP contribution is -2.29. The zero-order valence-corrected chi connectivity index (χ0v) is 13.0. The molecule has 1 amide bonds. The Morgan fingerprint density at radius 3 is 2.71 bits per heavy atom. The van der Waals surface area contributed by atoms with Crippen LogP contribution in [0.3, 0.4) is 0 Å². The van der Waals surface area contributed by atoms with Gasteiger partial charge in [0.1, 0.15) is 5.75 Å². The number of benzene rings is 1. The smallest absolute Gasteiger partial charge is 0.237 e. The maximum absolute atomic E-state index is 12.3. The monoisotopic (exact) mass is 304 g/mol. The Hall–Kier alpha value is -1.67. The number of nitrogens with one attached hydrogen (secondary N) is 1. The summed E-state index contributed by atoms with van der Waals surface area (Å²) >= 11 is 0. The van der Waals surface area contributed by atoms with E-state index in [0.717, 1.165) is 19.3 Å². The number of hydrogen-bond donors (Lipinski definition) is 1. The van der Waals surface area contributed by atoms with Crippen molar-refractivity contribution in [1.82, 2.24) is 0 Å². The van der Waals surface area contributed by atoms with Gasteiger partial charge in [0, 0.05) is 21.7 Å². The second-order valence-electron chi connectivity index (χ2n) is 5.66. The van der Waals surface area contributed by atoms with E-state index < -0.39 is 10.8 Å². The number of nitriles is 1. The fraction of sp³-hybridized carbons (Fsp3) is 0.500. The molecule has 0 aliphatic heterocycles. The summed E-state index contributed by atoms with van der Waals surface area (Å²) in [5.41, 5.74) is 1.18. The summed E-state index contributed by atoms with van der Waals surface area (Å²) in [6.45, 7) is 2.18. The maximum Gasteiger partial charge on any atom is 0.237 e. The topological polar surface area (TPSA) is 70.0 Å². The lowest BCUT2D eigenvalue weighted by Gasteiger charge is -2.25. The van der Waals surface area contributed by atoms with E-state index in [1.54, 1.807) is 24.3 Å². The quantitative estimate of drug-likeness (QED) is 0.930. The van der Waals surface area contributed by atoms with Crippen LogP contribution in [-0.4, -0.2) is 21.1 Å². The van der Waals surface area contributed by atoms with Gasteiger partial charge < -0.3 is 5.32 Å². The van der Waals surface area contributed by atoms with Crippen LogP contribution in [-0.2, 0) is 15.6 Å². The first-order valence-corrected chi connectivity index (χ1v) is 8.64. The van der Waals surface area contributed by atoms with Gasteiger partial charge in [-0.15, -0.1) is 0 Å². The van der Waals surface area contributed by atoms with Crippen molar-refractivity contribution in [3.8, 4) is 6.07 Å². The van der Waals surface area contributed by atoms with Crippen molar-refractivity contribution in [2.24, 2.45) is 5.92 Å². The highest BCUT2D eigenvalue weighted by atomic mass is 32.2. The Kier molecular flexibility index (Phi) is 5.51. The summed E-state index contributed by atoms with van der Waals surface area (Å²) in [5.74, 6) is 0.433. The molecule has 1 aliphatic carbocycles. The van der Waals surface area contributed by atoms with E-state index in [0.29, 0.717) is 17.2 Å². The van der Waals surface area contributed by atoms with Crippen molar-refractivity contribution in [3.63, 3.8) is 0 Å². The van der Waals surface area contributed by atoms with Gasteiger partial charge in [0.05, 0.1) is 11.6 Å². The fourth-order valence-corrected chi connectivity index (χ4v) is 4.23. The van der Waals surface area contributed by atoms with Crippen LogP contribution in [0.15, 0.2) is 24.3 Å². The molecule has 0 saturated heterocycles. The number of carbonyl (C=O) groups excluding carboxylic acids is 1. The molecule has 1 fully saturated rings. The van der Waals surface area contributed by atoms with Gasteiger partial charge in [-0.1, -0.05) is 19.8 Å². The molecular formula is C16H20N2O2S. The molecule has 5 heteroatoms. The number of hydrogen-bond acceptors (Lipinski definition) is 3. The maximum atomic E-state index is 12.3. The SMILES string of the molecule is CC1CCCC(S(=O)CC(=O)Nc2ccc(C#N)cc2)C1. The normalized spacial score (nSPS) is 23.0. The van der Waals surface area contributed by atoms with Crippen LogP contribution in [0.25, 0.3) is 0 Å². The second kappa shape index (κ2) is 7.37. The molecular weight excluding hydrogens is 284 g/mol. The van der Waals surface area contributed by atoms with Crippen molar-refractivity contribution in [1.29, 1.82) is 5.26 Å². The molecule has 3 atom stereocenters. The Morgan fingerprint density at radius 1 is 1.38 bits per heavy atom. The van der Waals surface area contributed by atoms with Gasteiger partial charge in [-0.05, 0) is 43.0 Å². The molecule has 0 aromatic heterocycles. The molecule has 1 N–H and O–H groups in total. The standard InChI is InChI=1S/C16H20N2O2S/c1-12-3-2-4-15(9-12)21(20)11-16(19)18-14-7-5-13(10-17)6-8-14/h5-8,12,15H,2-4,9,11H2,1H3,(H,18,19). The molecule has 0 heterocycles. The van der Waals surface area contributed by atoms with Crippen molar-refractivity contribution < 1.29 is 9.00 Å². The molecule has 1 aliphatic rings. The third-order valence-electron chi connectivity index (χ3n) is 3.83. The van der Waals surface area contributed by atoms with Crippen LogP contribution in [0.4, 0.5) is 5.69 Å². The van der Waals surface area contributed by atoms with Crippen molar-refractivity contribution in [2.75, 3.05) is 11.1 Å². The van der Waals surface area contributed by atoms with Gasteiger partial charge >= 0.3 is 0 Å². The molecule has 1 aromatic carbocycles. The number of amides is 1. The van der Waals surface area contributed by atoms with Gasteiger partial charge in [0.25, 0.3) is 0 Å². The highest BCUT2D eigenvalue weighted by molar-refractivity contribution is 7.86. The van der Waals surface area contributed by atoms with Crippen LogP contribution in [0.5, 0.6) is 0 Å². The van der Waals surface area contributed by atoms with E-state index >= 15 is 0 Å². The first-order valence-electron chi connectivity index (χ1n) is 7.25. The highest BCUT2D eigenvalue weighted by Gasteiger charge is 2.25. The number of anilines is 1. The third kappa shape index (κ3) is 4.68. The van der Waals surface area contributed by atoms with Crippen molar-refractivity contribution in [3.05, 3.63) is 29.8 Å². The Labute approximate surface area is 128 Å². The number of nitrogens with zero attached hydrogens (tertiary/aromatic N) is 1. The largest absolute Gasteiger partial charge is 0.325 e. The average molecular weight is 304 g/mol. The second-order valence-corrected chi connectivity index (χ2v) is 7.37. The van der Waals surface area contributed by atoms with E-state index in [2.05, 4.69) is 12.2 Å². The molecule has 2 rings (SSSR count). The minimum atomic E-state index is -1.10. The van der Waals surface area contributed by atoms with Gasteiger partial charge in [-0.25, -0.2) is 0 Å². The van der Waals surface area contributed by atoms with E-state index in [1.807, 2.05) is 6.07 Å².